The molecule has 0 aromatic heterocycles. The third-order valence-corrected chi connectivity index (χ3v) is 4.16. The van der Waals surface area contributed by atoms with E-state index in [0.29, 0.717) is 6.04 Å². The van der Waals surface area contributed by atoms with Crippen LogP contribution in [0.5, 0.6) is 0 Å². The molecule has 1 aromatic rings. The molecule has 1 unspecified atom stereocenters. The summed E-state index contributed by atoms with van der Waals surface area (Å²) >= 11 is 0. The first kappa shape index (κ1) is 15.3. The zero-order chi connectivity index (χ0) is 14.5. The van der Waals surface area contributed by atoms with Crippen LogP contribution in [-0.2, 0) is 6.54 Å². The molecule has 1 heterocycles. The van der Waals surface area contributed by atoms with Gasteiger partial charge in [-0.25, -0.2) is 0 Å². The Morgan fingerprint density at radius 2 is 2.10 bits per heavy atom. The normalized spacial score (nSPS) is 21.0. The van der Waals surface area contributed by atoms with E-state index in [4.69, 9.17) is 0 Å². The van der Waals surface area contributed by atoms with Crippen LogP contribution in [0.25, 0.3) is 0 Å². The molecule has 0 aliphatic carbocycles. The summed E-state index contributed by atoms with van der Waals surface area (Å²) in [6.07, 6.45) is 1.25. The Morgan fingerprint density at radius 1 is 1.30 bits per heavy atom. The highest BCUT2D eigenvalue weighted by Crippen LogP contribution is 2.25. The lowest BCUT2D eigenvalue weighted by Gasteiger charge is -2.32. The zero-order valence-electron chi connectivity index (χ0n) is 13.4. The van der Waals surface area contributed by atoms with Crippen LogP contribution in [0.4, 0.5) is 5.69 Å². The topological polar surface area (TPSA) is 18.5 Å². The zero-order valence-corrected chi connectivity index (χ0v) is 13.4. The molecule has 1 aromatic carbocycles. The van der Waals surface area contributed by atoms with Crippen molar-refractivity contribution in [1.29, 1.82) is 0 Å². The molecule has 3 nitrogen and oxygen atoms in total. The molecule has 1 aliphatic rings. The number of rotatable bonds is 4. The van der Waals surface area contributed by atoms with Crippen LogP contribution < -0.4 is 10.2 Å². The van der Waals surface area contributed by atoms with E-state index in [1.165, 1.54) is 29.8 Å². The Morgan fingerprint density at radius 3 is 2.85 bits per heavy atom. The Labute approximate surface area is 124 Å². The van der Waals surface area contributed by atoms with E-state index in [0.717, 1.165) is 26.2 Å². The third kappa shape index (κ3) is 3.74. The fourth-order valence-electron chi connectivity index (χ4n) is 3.13. The van der Waals surface area contributed by atoms with Gasteiger partial charge < -0.3 is 15.1 Å². The number of anilines is 1. The molecule has 0 bridgehead atoms. The molecule has 0 amide bonds. The van der Waals surface area contributed by atoms with Crippen LogP contribution in [0.1, 0.15) is 31.4 Å². The molecule has 1 fully saturated rings. The molecule has 0 radical (unpaired) electrons. The van der Waals surface area contributed by atoms with Gasteiger partial charge in [0.1, 0.15) is 0 Å². The molecular weight excluding hydrogens is 246 g/mol. The largest absolute Gasteiger partial charge is 0.367 e. The maximum absolute atomic E-state index is 3.47. The van der Waals surface area contributed by atoms with Gasteiger partial charge in [-0.05, 0) is 52.0 Å². The first-order chi connectivity index (χ1) is 9.61. The molecular formula is C17H29N3. The Hall–Kier alpha value is -1.06. The fourth-order valence-corrected chi connectivity index (χ4v) is 3.13. The molecule has 1 N–H and O–H groups in total. The molecule has 112 valence electrons. The van der Waals surface area contributed by atoms with Crippen molar-refractivity contribution < 1.29 is 0 Å². The van der Waals surface area contributed by atoms with Crippen molar-refractivity contribution in [2.75, 3.05) is 38.1 Å². The minimum Gasteiger partial charge on any atom is -0.367 e. The number of benzene rings is 1. The number of aryl methyl sites for hydroxylation is 1. The Kier molecular flexibility index (Phi) is 5.44. The maximum atomic E-state index is 3.47. The van der Waals surface area contributed by atoms with E-state index in [1.807, 2.05) is 0 Å². The number of nitrogens with zero attached hydrogens (tertiary/aromatic N) is 2. The number of likely N-dealkylation sites (N-methyl/N-ethyl adjacent to an activating group) is 1. The van der Waals surface area contributed by atoms with Crippen molar-refractivity contribution in [2.24, 2.45) is 0 Å². The van der Waals surface area contributed by atoms with Gasteiger partial charge in [-0.1, -0.05) is 24.6 Å². The highest BCUT2D eigenvalue weighted by Gasteiger charge is 2.21. The van der Waals surface area contributed by atoms with Crippen molar-refractivity contribution in [3.8, 4) is 0 Å². The van der Waals surface area contributed by atoms with E-state index < -0.39 is 0 Å². The Bertz CT molecular complexity index is 430. The second-order valence-corrected chi connectivity index (χ2v) is 6.07. The lowest BCUT2D eigenvalue weighted by Crippen LogP contribution is -2.38. The first-order valence-corrected chi connectivity index (χ1v) is 7.87. The van der Waals surface area contributed by atoms with Crippen LogP contribution in [0.2, 0.25) is 0 Å². The molecule has 1 aliphatic heterocycles. The predicted molar refractivity (Wildman–Crippen MR) is 87.5 cm³/mol. The summed E-state index contributed by atoms with van der Waals surface area (Å²) in [5, 5.41) is 3.47. The van der Waals surface area contributed by atoms with Gasteiger partial charge in [0.25, 0.3) is 0 Å². The molecule has 2 rings (SSSR count). The van der Waals surface area contributed by atoms with E-state index in [2.05, 4.69) is 61.1 Å². The lowest BCUT2D eigenvalue weighted by molar-refractivity contribution is 0.337. The SMILES string of the molecule is CCNCc1cc(C)ccc1N1CCCN(C)CC1C. The third-order valence-electron chi connectivity index (χ3n) is 4.16. The quantitative estimate of drug-likeness (QED) is 0.911. The van der Waals surface area contributed by atoms with Gasteiger partial charge >= 0.3 is 0 Å². The van der Waals surface area contributed by atoms with Crippen molar-refractivity contribution >= 4 is 5.69 Å². The Balaban J connectivity index is 2.25. The van der Waals surface area contributed by atoms with Gasteiger partial charge in [0.15, 0.2) is 0 Å². The first-order valence-electron chi connectivity index (χ1n) is 7.87. The van der Waals surface area contributed by atoms with Crippen molar-refractivity contribution in [3.05, 3.63) is 29.3 Å². The average molecular weight is 275 g/mol. The highest BCUT2D eigenvalue weighted by atomic mass is 15.2. The van der Waals surface area contributed by atoms with Crippen LogP contribution in [0.15, 0.2) is 18.2 Å². The number of nitrogens with one attached hydrogen (secondary N) is 1. The van der Waals surface area contributed by atoms with E-state index in [9.17, 15) is 0 Å². The van der Waals surface area contributed by atoms with Gasteiger partial charge in [-0.15, -0.1) is 0 Å². The van der Waals surface area contributed by atoms with E-state index in [1.54, 1.807) is 0 Å². The van der Waals surface area contributed by atoms with Gasteiger partial charge in [-0.3, -0.25) is 0 Å². The summed E-state index contributed by atoms with van der Waals surface area (Å²) in [5.74, 6) is 0. The molecule has 0 spiro atoms. The summed E-state index contributed by atoms with van der Waals surface area (Å²) < 4.78 is 0. The van der Waals surface area contributed by atoms with Crippen molar-refractivity contribution in [1.82, 2.24) is 10.2 Å². The van der Waals surface area contributed by atoms with Crippen LogP contribution in [0.3, 0.4) is 0 Å². The molecule has 3 heteroatoms. The summed E-state index contributed by atoms with van der Waals surface area (Å²) in [4.78, 5) is 5.04. The number of hydrogen-bond acceptors (Lipinski definition) is 3. The minimum absolute atomic E-state index is 0.575. The molecule has 20 heavy (non-hydrogen) atoms. The standard InChI is InChI=1S/C17H29N3/c1-5-18-12-16-11-14(2)7-8-17(16)20-10-6-9-19(4)13-15(20)3/h7-8,11,15,18H,5-6,9-10,12-13H2,1-4H3. The summed E-state index contributed by atoms with van der Waals surface area (Å²) in [7, 11) is 2.23. The summed E-state index contributed by atoms with van der Waals surface area (Å²) in [6.45, 7) is 12.2. The average Bonchev–Trinajstić information content (AvgIpc) is 2.57. The highest BCUT2D eigenvalue weighted by molar-refractivity contribution is 5.56. The van der Waals surface area contributed by atoms with E-state index >= 15 is 0 Å². The van der Waals surface area contributed by atoms with Crippen LogP contribution in [0, 0.1) is 6.92 Å². The van der Waals surface area contributed by atoms with Gasteiger partial charge in [0, 0.05) is 31.4 Å². The monoisotopic (exact) mass is 275 g/mol. The maximum Gasteiger partial charge on any atom is 0.0414 e. The summed E-state index contributed by atoms with van der Waals surface area (Å²) in [6, 6.07) is 7.46. The second kappa shape index (κ2) is 7.09. The predicted octanol–water partition coefficient (Wildman–Crippen LogP) is 2.63. The lowest BCUT2D eigenvalue weighted by atomic mass is 10.1. The van der Waals surface area contributed by atoms with Gasteiger partial charge in [0.2, 0.25) is 0 Å². The van der Waals surface area contributed by atoms with E-state index in [-0.39, 0.29) is 0 Å². The molecule has 1 saturated heterocycles. The minimum atomic E-state index is 0.575. The fraction of sp³-hybridized carbons (Fsp3) is 0.647. The van der Waals surface area contributed by atoms with Crippen molar-refractivity contribution in [3.63, 3.8) is 0 Å². The van der Waals surface area contributed by atoms with Crippen LogP contribution >= 0.6 is 0 Å². The second-order valence-electron chi connectivity index (χ2n) is 6.07. The van der Waals surface area contributed by atoms with Crippen LogP contribution in [-0.4, -0.2) is 44.2 Å². The molecule has 1 atom stereocenters. The summed E-state index contributed by atoms with van der Waals surface area (Å²) in [5.41, 5.74) is 4.20. The van der Waals surface area contributed by atoms with Gasteiger partial charge in [-0.2, -0.15) is 0 Å². The van der Waals surface area contributed by atoms with Crippen molar-refractivity contribution in [2.45, 2.75) is 39.8 Å². The van der Waals surface area contributed by atoms with Gasteiger partial charge in [0.05, 0.1) is 0 Å². The smallest absolute Gasteiger partial charge is 0.0414 e. The molecule has 0 saturated carbocycles. The number of hydrogen-bond donors (Lipinski definition) is 1.